The molecule has 0 spiro atoms. The highest BCUT2D eigenvalue weighted by atomic mass is 35.5. The van der Waals surface area contributed by atoms with E-state index in [4.69, 9.17) is 21.1 Å². The van der Waals surface area contributed by atoms with Gasteiger partial charge in [-0.1, -0.05) is 29.8 Å². The Hall–Kier alpha value is -2.66. The van der Waals surface area contributed by atoms with Crippen LogP contribution < -0.4 is 19.7 Å². The maximum Gasteiger partial charge on any atom is 0.244 e. The summed E-state index contributed by atoms with van der Waals surface area (Å²) in [6, 6.07) is 14.0. The van der Waals surface area contributed by atoms with Gasteiger partial charge in [0, 0.05) is 31.4 Å². The first kappa shape index (κ1) is 18.7. The molecule has 2 heterocycles. The van der Waals surface area contributed by atoms with Gasteiger partial charge in [-0.3, -0.25) is 4.79 Å². The van der Waals surface area contributed by atoms with Crippen LogP contribution >= 0.6 is 11.6 Å². The van der Waals surface area contributed by atoms with E-state index in [1.165, 1.54) is 11.8 Å². The molecule has 0 aliphatic carbocycles. The third-order valence-electron chi connectivity index (χ3n) is 5.02. The summed E-state index contributed by atoms with van der Waals surface area (Å²) in [5.74, 6) is 1.54. The summed E-state index contributed by atoms with van der Waals surface area (Å²) in [6.07, 6.45) is 4.35. The second-order valence-corrected chi connectivity index (χ2v) is 7.45. The van der Waals surface area contributed by atoms with Crippen molar-refractivity contribution in [1.29, 1.82) is 0 Å². The van der Waals surface area contributed by atoms with Gasteiger partial charge in [-0.05, 0) is 48.2 Å². The molecule has 28 heavy (non-hydrogen) atoms. The van der Waals surface area contributed by atoms with Crippen molar-refractivity contribution in [1.82, 2.24) is 5.32 Å². The molecule has 2 aliphatic heterocycles. The number of carbonyl (C=O) groups is 1. The summed E-state index contributed by atoms with van der Waals surface area (Å²) in [6.45, 7) is 3.65. The van der Waals surface area contributed by atoms with Crippen LogP contribution in [0.25, 0.3) is 6.08 Å². The molecule has 2 aromatic rings. The van der Waals surface area contributed by atoms with E-state index in [0.717, 1.165) is 25.1 Å². The van der Waals surface area contributed by atoms with Gasteiger partial charge in [-0.2, -0.15) is 0 Å². The highest BCUT2D eigenvalue weighted by Gasteiger charge is 2.22. The van der Waals surface area contributed by atoms with Crippen LogP contribution in [0, 0.1) is 5.92 Å². The number of anilines is 1. The van der Waals surface area contributed by atoms with Gasteiger partial charge >= 0.3 is 0 Å². The number of nitrogens with zero attached hydrogens (tertiary/aromatic N) is 1. The van der Waals surface area contributed by atoms with Crippen LogP contribution in [0.15, 0.2) is 48.5 Å². The quantitative estimate of drug-likeness (QED) is 0.779. The summed E-state index contributed by atoms with van der Waals surface area (Å²) in [5.41, 5.74) is 2.05. The van der Waals surface area contributed by atoms with Gasteiger partial charge in [0.15, 0.2) is 11.5 Å². The Labute approximate surface area is 169 Å². The van der Waals surface area contributed by atoms with Gasteiger partial charge < -0.3 is 19.7 Å². The van der Waals surface area contributed by atoms with Crippen molar-refractivity contribution >= 4 is 29.3 Å². The molecule has 0 aromatic heterocycles. The molecule has 1 saturated heterocycles. The standard InChI is InChI=1S/C22H23ClN2O3/c23-19-12-16(13-20-22(19)28-11-10-27-20)6-7-21(26)24-14-17-8-9-25(15-17)18-4-2-1-3-5-18/h1-7,12-13,17H,8-11,14-15H2,(H,24,26)/b7-6+. The smallest absolute Gasteiger partial charge is 0.244 e. The fraction of sp³-hybridized carbons (Fsp3) is 0.318. The Kier molecular flexibility index (Phi) is 5.72. The zero-order chi connectivity index (χ0) is 19.3. The third kappa shape index (κ3) is 4.42. The number of fused-ring (bicyclic) bond motifs is 1. The van der Waals surface area contributed by atoms with Crippen molar-refractivity contribution < 1.29 is 14.3 Å². The minimum absolute atomic E-state index is 0.107. The van der Waals surface area contributed by atoms with Gasteiger partial charge in [-0.25, -0.2) is 0 Å². The molecule has 1 N–H and O–H groups in total. The van der Waals surface area contributed by atoms with Gasteiger partial charge in [-0.15, -0.1) is 0 Å². The van der Waals surface area contributed by atoms with Crippen molar-refractivity contribution in [3.05, 3.63) is 59.1 Å². The third-order valence-corrected chi connectivity index (χ3v) is 5.30. The minimum atomic E-state index is -0.107. The lowest BCUT2D eigenvalue weighted by Gasteiger charge is -2.19. The molecular weight excluding hydrogens is 376 g/mol. The number of rotatable bonds is 5. The van der Waals surface area contributed by atoms with E-state index in [-0.39, 0.29) is 5.91 Å². The Morgan fingerprint density at radius 3 is 2.89 bits per heavy atom. The normalized spacial score (nSPS) is 18.5. The first-order chi connectivity index (χ1) is 13.7. The monoisotopic (exact) mass is 398 g/mol. The molecule has 1 fully saturated rings. The number of halogens is 1. The molecule has 5 nitrogen and oxygen atoms in total. The molecule has 2 aromatic carbocycles. The van der Waals surface area contributed by atoms with Gasteiger partial charge in [0.25, 0.3) is 0 Å². The largest absolute Gasteiger partial charge is 0.486 e. The molecule has 0 radical (unpaired) electrons. The van der Waals surface area contributed by atoms with Crippen LogP contribution in [0.5, 0.6) is 11.5 Å². The number of nitrogens with one attached hydrogen (secondary N) is 1. The van der Waals surface area contributed by atoms with E-state index in [0.29, 0.717) is 42.2 Å². The summed E-state index contributed by atoms with van der Waals surface area (Å²) in [7, 11) is 0. The molecule has 4 rings (SSSR count). The number of ether oxygens (including phenoxy) is 2. The molecule has 2 aliphatic rings. The van der Waals surface area contributed by atoms with E-state index >= 15 is 0 Å². The van der Waals surface area contributed by atoms with Crippen LogP contribution in [0.2, 0.25) is 5.02 Å². The van der Waals surface area contributed by atoms with Crippen LogP contribution in [0.4, 0.5) is 5.69 Å². The number of carbonyl (C=O) groups excluding carboxylic acids is 1. The first-order valence-corrected chi connectivity index (χ1v) is 9.92. The molecule has 1 unspecified atom stereocenters. The van der Waals surface area contributed by atoms with Crippen molar-refractivity contribution in [2.24, 2.45) is 5.92 Å². The predicted octanol–water partition coefficient (Wildman–Crippen LogP) is 3.77. The predicted molar refractivity (Wildman–Crippen MR) is 111 cm³/mol. The van der Waals surface area contributed by atoms with Gasteiger partial charge in [0.05, 0.1) is 5.02 Å². The van der Waals surface area contributed by atoms with E-state index in [9.17, 15) is 4.79 Å². The molecule has 6 heteroatoms. The molecule has 1 amide bonds. The Balaban J connectivity index is 1.29. The van der Waals surface area contributed by atoms with E-state index in [1.54, 1.807) is 12.1 Å². The number of hydrogen-bond donors (Lipinski definition) is 1. The van der Waals surface area contributed by atoms with Crippen molar-refractivity contribution in [3.63, 3.8) is 0 Å². The van der Waals surface area contributed by atoms with Crippen LogP contribution in [-0.2, 0) is 4.79 Å². The lowest BCUT2D eigenvalue weighted by atomic mass is 10.1. The molecule has 146 valence electrons. The minimum Gasteiger partial charge on any atom is -0.486 e. The summed E-state index contributed by atoms with van der Waals surface area (Å²) >= 11 is 6.23. The average molecular weight is 399 g/mol. The number of hydrogen-bond acceptors (Lipinski definition) is 4. The second kappa shape index (κ2) is 8.57. The topological polar surface area (TPSA) is 50.8 Å². The van der Waals surface area contributed by atoms with Crippen molar-refractivity contribution in [2.75, 3.05) is 37.7 Å². The lowest BCUT2D eigenvalue weighted by Crippen LogP contribution is -2.29. The second-order valence-electron chi connectivity index (χ2n) is 7.04. The molecule has 0 saturated carbocycles. The van der Waals surface area contributed by atoms with Crippen LogP contribution in [0.1, 0.15) is 12.0 Å². The first-order valence-electron chi connectivity index (χ1n) is 9.54. The zero-order valence-electron chi connectivity index (χ0n) is 15.6. The summed E-state index contributed by atoms with van der Waals surface area (Å²) in [5, 5.41) is 3.49. The SMILES string of the molecule is O=C(/C=C/c1cc(Cl)c2c(c1)OCCO2)NCC1CCN(c2ccccc2)C1. The van der Waals surface area contributed by atoms with Crippen LogP contribution in [0.3, 0.4) is 0 Å². The Bertz CT molecular complexity index is 870. The number of amides is 1. The maximum atomic E-state index is 12.2. The molecule has 0 bridgehead atoms. The highest BCUT2D eigenvalue weighted by Crippen LogP contribution is 2.38. The zero-order valence-corrected chi connectivity index (χ0v) is 16.3. The van der Waals surface area contributed by atoms with E-state index < -0.39 is 0 Å². The fourth-order valence-electron chi connectivity index (χ4n) is 3.58. The van der Waals surface area contributed by atoms with E-state index in [2.05, 4.69) is 34.5 Å². The lowest BCUT2D eigenvalue weighted by molar-refractivity contribution is -0.116. The van der Waals surface area contributed by atoms with Gasteiger partial charge in [0.2, 0.25) is 5.91 Å². The molecular formula is C22H23ClN2O3. The fourth-order valence-corrected chi connectivity index (χ4v) is 3.85. The van der Waals surface area contributed by atoms with Crippen molar-refractivity contribution in [2.45, 2.75) is 6.42 Å². The Morgan fingerprint density at radius 1 is 1.21 bits per heavy atom. The van der Waals surface area contributed by atoms with Crippen molar-refractivity contribution in [3.8, 4) is 11.5 Å². The van der Waals surface area contributed by atoms with E-state index in [1.807, 2.05) is 12.1 Å². The Morgan fingerprint density at radius 2 is 2.04 bits per heavy atom. The van der Waals surface area contributed by atoms with Crippen LogP contribution in [-0.4, -0.2) is 38.8 Å². The highest BCUT2D eigenvalue weighted by molar-refractivity contribution is 6.32. The summed E-state index contributed by atoms with van der Waals surface area (Å²) in [4.78, 5) is 14.6. The maximum absolute atomic E-state index is 12.2. The van der Waals surface area contributed by atoms with Gasteiger partial charge in [0.1, 0.15) is 13.2 Å². The molecule has 1 atom stereocenters. The number of benzene rings is 2. The number of para-hydroxylation sites is 1. The summed E-state index contributed by atoms with van der Waals surface area (Å²) < 4.78 is 11.1. The average Bonchev–Trinajstić information content (AvgIpc) is 3.21.